The zero-order chi connectivity index (χ0) is 12.3. The van der Waals surface area contributed by atoms with Gasteiger partial charge in [0.25, 0.3) is 0 Å². The first-order valence-electron chi connectivity index (χ1n) is 5.67. The van der Waals surface area contributed by atoms with E-state index in [4.69, 9.17) is 10.5 Å². The number of benzene rings is 2. The molecule has 0 aliphatic carbocycles. The number of nitrogen functional groups attached to an aromatic ring is 1. The summed E-state index contributed by atoms with van der Waals surface area (Å²) in [6.45, 7) is 2.11. The number of ether oxygens (including phenoxy) is 1. The molecule has 2 rings (SSSR count). The molecule has 0 bridgehead atoms. The first-order chi connectivity index (χ1) is 8.19. The predicted molar refractivity (Wildman–Crippen MR) is 71.4 cm³/mol. The molecule has 0 spiro atoms. The topological polar surface area (TPSA) is 35.2 Å². The van der Waals surface area contributed by atoms with Crippen molar-refractivity contribution < 1.29 is 4.74 Å². The van der Waals surface area contributed by atoms with Crippen LogP contribution in [0.2, 0.25) is 0 Å². The molecule has 0 amide bonds. The van der Waals surface area contributed by atoms with Gasteiger partial charge in [-0.1, -0.05) is 18.2 Å². The summed E-state index contributed by atoms with van der Waals surface area (Å²) in [6, 6.07) is 14.2. The molecule has 0 saturated heterocycles. The van der Waals surface area contributed by atoms with E-state index in [1.54, 1.807) is 7.11 Å². The minimum absolute atomic E-state index is 0.819. The van der Waals surface area contributed by atoms with E-state index in [0.29, 0.717) is 0 Å². The van der Waals surface area contributed by atoms with Crippen molar-refractivity contribution in [3.05, 3.63) is 59.2 Å². The van der Waals surface area contributed by atoms with Crippen LogP contribution in [0.15, 0.2) is 42.5 Å². The van der Waals surface area contributed by atoms with E-state index in [2.05, 4.69) is 25.1 Å². The van der Waals surface area contributed by atoms with Gasteiger partial charge in [0, 0.05) is 5.69 Å². The molecule has 2 nitrogen and oxygen atoms in total. The first-order valence-corrected chi connectivity index (χ1v) is 5.67. The summed E-state index contributed by atoms with van der Waals surface area (Å²) < 4.78 is 5.14. The van der Waals surface area contributed by atoms with E-state index >= 15 is 0 Å². The minimum atomic E-state index is 0.819. The zero-order valence-electron chi connectivity index (χ0n) is 10.2. The van der Waals surface area contributed by atoms with E-state index < -0.39 is 0 Å². The lowest BCUT2D eigenvalue weighted by Crippen LogP contribution is -1.94. The molecule has 0 heterocycles. The lowest BCUT2D eigenvalue weighted by Gasteiger charge is -2.08. The maximum atomic E-state index is 5.81. The van der Waals surface area contributed by atoms with E-state index in [1.165, 1.54) is 16.7 Å². The Morgan fingerprint density at radius 1 is 1.06 bits per heavy atom. The van der Waals surface area contributed by atoms with Crippen LogP contribution in [0, 0.1) is 6.92 Å². The Hall–Kier alpha value is -1.96. The Bertz CT molecular complexity index is 503. The SMILES string of the molecule is COc1ccc(Cc2cc(N)ccc2C)cc1. The van der Waals surface area contributed by atoms with E-state index in [0.717, 1.165) is 17.9 Å². The largest absolute Gasteiger partial charge is 0.497 e. The summed E-state index contributed by atoms with van der Waals surface area (Å²) in [7, 11) is 1.68. The predicted octanol–water partition coefficient (Wildman–Crippen LogP) is 3.18. The highest BCUT2D eigenvalue weighted by Crippen LogP contribution is 2.19. The second kappa shape index (κ2) is 4.91. The third kappa shape index (κ3) is 2.78. The van der Waals surface area contributed by atoms with Gasteiger partial charge in [-0.3, -0.25) is 0 Å². The number of hydrogen-bond donors (Lipinski definition) is 1. The highest BCUT2D eigenvalue weighted by Gasteiger charge is 2.01. The van der Waals surface area contributed by atoms with E-state index in [9.17, 15) is 0 Å². The standard InChI is InChI=1S/C15H17NO/c1-11-3-6-14(16)10-13(11)9-12-4-7-15(17-2)8-5-12/h3-8,10H,9,16H2,1-2H3. The number of nitrogens with two attached hydrogens (primary N) is 1. The molecular formula is C15H17NO. The van der Waals surface area contributed by atoms with Crippen LogP contribution in [0.4, 0.5) is 5.69 Å². The second-order valence-electron chi connectivity index (χ2n) is 4.21. The average molecular weight is 227 g/mol. The Labute approximate surface area is 102 Å². The van der Waals surface area contributed by atoms with Crippen LogP contribution in [0.5, 0.6) is 5.75 Å². The van der Waals surface area contributed by atoms with Crippen molar-refractivity contribution >= 4 is 5.69 Å². The second-order valence-corrected chi connectivity index (χ2v) is 4.21. The maximum absolute atomic E-state index is 5.81. The lowest BCUT2D eigenvalue weighted by atomic mass is 10.00. The van der Waals surface area contributed by atoms with Gasteiger partial charge in [-0.05, 0) is 54.3 Å². The molecule has 2 heteroatoms. The van der Waals surface area contributed by atoms with Crippen molar-refractivity contribution in [1.29, 1.82) is 0 Å². The summed E-state index contributed by atoms with van der Waals surface area (Å²) in [4.78, 5) is 0. The average Bonchev–Trinajstić information content (AvgIpc) is 2.35. The first kappa shape index (κ1) is 11.5. The van der Waals surface area contributed by atoms with Gasteiger partial charge in [0.15, 0.2) is 0 Å². The fourth-order valence-electron chi connectivity index (χ4n) is 1.85. The molecule has 0 atom stereocenters. The Kier molecular flexibility index (Phi) is 3.33. The summed E-state index contributed by atoms with van der Waals surface area (Å²) >= 11 is 0. The quantitative estimate of drug-likeness (QED) is 0.817. The number of methoxy groups -OCH3 is 1. The molecule has 2 aromatic carbocycles. The van der Waals surface area contributed by atoms with Gasteiger partial charge in [0.2, 0.25) is 0 Å². The summed E-state index contributed by atoms with van der Waals surface area (Å²) in [6.07, 6.45) is 0.904. The van der Waals surface area contributed by atoms with E-state index in [-0.39, 0.29) is 0 Å². The van der Waals surface area contributed by atoms with Gasteiger partial charge >= 0.3 is 0 Å². The van der Waals surface area contributed by atoms with Gasteiger partial charge < -0.3 is 10.5 Å². The molecular weight excluding hydrogens is 210 g/mol. The summed E-state index contributed by atoms with van der Waals surface area (Å²) in [5, 5.41) is 0. The molecule has 0 aliphatic rings. The molecule has 88 valence electrons. The number of rotatable bonds is 3. The number of hydrogen-bond acceptors (Lipinski definition) is 2. The third-order valence-electron chi connectivity index (χ3n) is 2.93. The molecule has 0 aliphatic heterocycles. The monoisotopic (exact) mass is 227 g/mol. The number of anilines is 1. The van der Waals surface area contributed by atoms with Crippen LogP contribution >= 0.6 is 0 Å². The highest BCUT2D eigenvalue weighted by atomic mass is 16.5. The zero-order valence-corrected chi connectivity index (χ0v) is 10.2. The van der Waals surface area contributed by atoms with Gasteiger partial charge in [0.1, 0.15) is 5.75 Å². The highest BCUT2D eigenvalue weighted by molar-refractivity contribution is 5.46. The van der Waals surface area contributed by atoms with Crippen molar-refractivity contribution in [2.24, 2.45) is 0 Å². The molecule has 2 N–H and O–H groups in total. The maximum Gasteiger partial charge on any atom is 0.118 e. The van der Waals surface area contributed by atoms with Gasteiger partial charge in [-0.2, -0.15) is 0 Å². The summed E-state index contributed by atoms with van der Waals surface area (Å²) in [5.41, 5.74) is 10.4. The molecule has 0 fully saturated rings. The van der Waals surface area contributed by atoms with Crippen molar-refractivity contribution in [2.45, 2.75) is 13.3 Å². The van der Waals surface area contributed by atoms with Crippen LogP contribution in [-0.4, -0.2) is 7.11 Å². The molecule has 0 radical (unpaired) electrons. The van der Waals surface area contributed by atoms with Crippen LogP contribution < -0.4 is 10.5 Å². The lowest BCUT2D eigenvalue weighted by molar-refractivity contribution is 0.414. The van der Waals surface area contributed by atoms with Crippen LogP contribution in [0.25, 0.3) is 0 Å². The normalized spacial score (nSPS) is 10.2. The molecule has 2 aromatic rings. The third-order valence-corrected chi connectivity index (χ3v) is 2.93. The number of aryl methyl sites for hydroxylation is 1. The van der Waals surface area contributed by atoms with Crippen LogP contribution in [0.3, 0.4) is 0 Å². The van der Waals surface area contributed by atoms with Crippen molar-refractivity contribution in [2.75, 3.05) is 12.8 Å². The van der Waals surface area contributed by atoms with Gasteiger partial charge in [-0.15, -0.1) is 0 Å². The smallest absolute Gasteiger partial charge is 0.118 e. The molecule has 17 heavy (non-hydrogen) atoms. The van der Waals surface area contributed by atoms with Crippen LogP contribution in [-0.2, 0) is 6.42 Å². The van der Waals surface area contributed by atoms with Crippen molar-refractivity contribution in [3.8, 4) is 5.75 Å². The summed E-state index contributed by atoms with van der Waals surface area (Å²) in [5.74, 6) is 0.887. The Balaban J connectivity index is 2.22. The van der Waals surface area contributed by atoms with Crippen LogP contribution in [0.1, 0.15) is 16.7 Å². The minimum Gasteiger partial charge on any atom is -0.497 e. The van der Waals surface area contributed by atoms with Crippen molar-refractivity contribution in [1.82, 2.24) is 0 Å². The molecule has 0 saturated carbocycles. The fraction of sp³-hybridized carbons (Fsp3) is 0.200. The Morgan fingerprint density at radius 3 is 2.41 bits per heavy atom. The Morgan fingerprint density at radius 2 is 1.76 bits per heavy atom. The van der Waals surface area contributed by atoms with E-state index in [1.807, 2.05) is 24.3 Å². The molecule has 0 unspecified atom stereocenters. The van der Waals surface area contributed by atoms with Gasteiger partial charge in [-0.25, -0.2) is 0 Å². The van der Waals surface area contributed by atoms with Gasteiger partial charge in [0.05, 0.1) is 7.11 Å². The fourth-order valence-corrected chi connectivity index (χ4v) is 1.85. The molecule has 0 aromatic heterocycles. The van der Waals surface area contributed by atoms with Crippen molar-refractivity contribution in [3.63, 3.8) is 0 Å².